The van der Waals surface area contributed by atoms with E-state index in [4.69, 9.17) is 0 Å². The minimum atomic E-state index is 0. The molecule has 0 fully saturated rings. The van der Waals surface area contributed by atoms with Crippen LogP contribution in [0.2, 0.25) is 0 Å². The van der Waals surface area contributed by atoms with Crippen LogP contribution in [-0.2, 0) is 13.0 Å². The predicted molar refractivity (Wildman–Crippen MR) is 126 cm³/mol. The highest BCUT2D eigenvalue weighted by molar-refractivity contribution is 14.0. The summed E-state index contributed by atoms with van der Waals surface area (Å²) in [7, 11) is 1.82. The van der Waals surface area contributed by atoms with Crippen molar-refractivity contribution in [1.82, 2.24) is 20.2 Å². The number of aliphatic imine (C=N–C) groups is 1. The van der Waals surface area contributed by atoms with Gasteiger partial charge in [0.25, 0.3) is 0 Å². The molecule has 2 aromatic heterocycles. The molecule has 0 aliphatic heterocycles. The number of aromatic nitrogens is 2. The molecular weight excluding hydrogens is 469 g/mol. The first-order valence-electron chi connectivity index (χ1n) is 9.06. The van der Waals surface area contributed by atoms with Crippen molar-refractivity contribution in [3.8, 4) is 0 Å². The highest BCUT2D eigenvalue weighted by atomic mass is 127. The first-order valence-corrected chi connectivity index (χ1v) is 9.94. The molecule has 1 aromatic carbocycles. The molecular formula is C20H28IN5S. The van der Waals surface area contributed by atoms with Crippen molar-refractivity contribution in [2.75, 3.05) is 20.1 Å². The van der Waals surface area contributed by atoms with Crippen LogP contribution in [0.4, 0.5) is 0 Å². The average Bonchev–Trinajstić information content (AvgIpc) is 3.25. The molecule has 0 aliphatic carbocycles. The third-order valence-corrected chi connectivity index (χ3v) is 5.34. The van der Waals surface area contributed by atoms with Crippen LogP contribution in [-0.4, -0.2) is 35.6 Å². The summed E-state index contributed by atoms with van der Waals surface area (Å²) in [5, 5.41) is 8.98. The Morgan fingerprint density at radius 1 is 1.22 bits per heavy atom. The van der Waals surface area contributed by atoms with E-state index in [-0.39, 0.29) is 24.0 Å². The van der Waals surface area contributed by atoms with Crippen LogP contribution in [0.25, 0.3) is 11.0 Å². The van der Waals surface area contributed by atoms with Crippen molar-refractivity contribution in [1.29, 1.82) is 0 Å². The number of rotatable bonds is 7. The molecule has 0 radical (unpaired) electrons. The van der Waals surface area contributed by atoms with E-state index in [2.05, 4.69) is 74.7 Å². The zero-order valence-electron chi connectivity index (χ0n) is 16.1. The van der Waals surface area contributed by atoms with Crippen LogP contribution in [0.1, 0.15) is 17.6 Å². The van der Waals surface area contributed by atoms with Crippen LogP contribution in [0, 0.1) is 12.8 Å². The van der Waals surface area contributed by atoms with Gasteiger partial charge in [0.05, 0.1) is 11.0 Å². The second-order valence-corrected chi connectivity index (χ2v) is 7.60. The first-order chi connectivity index (χ1) is 12.7. The largest absolute Gasteiger partial charge is 0.356 e. The van der Waals surface area contributed by atoms with Gasteiger partial charge in [-0.2, -0.15) is 0 Å². The lowest BCUT2D eigenvalue weighted by atomic mass is 10.1. The fourth-order valence-electron chi connectivity index (χ4n) is 3.10. The van der Waals surface area contributed by atoms with E-state index in [0.717, 1.165) is 43.4 Å². The number of halogens is 1. The van der Waals surface area contributed by atoms with Gasteiger partial charge in [-0.15, -0.1) is 35.3 Å². The monoisotopic (exact) mass is 497 g/mol. The maximum atomic E-state index is 4.62. The Hall–Kier alpha value is -1.61. The third kappa shape index (κ3) is 5.93. The highest BCUT2D eigenvalue weighted by Gasteiger charge is 2.08. The molecule has 27 heavy (non-hydrogen) atoms. The number of thiophene rings is 1. The molecule has 2 N–H and O–H groups in total. The predicted octanol–water partition coefficient (Wildman–Crippen LogP) is 4.07. The van der Waals surface area contributed by atoms with Gasteiger partial charge in [0.15, 0.2) is 5.96 Å². The molecule has 3 rings (SSSR count). The molecule has 1 unspecified atom stereocenters. The van der Waals surface area contributed by atoms with Crippen LogP contribution in [0.3, 0.4) is 0 Å². The molecule has 0 spiro atoms. The fraction of sp³-hybridized carbons (Fsp3) is 0.400. The molecule has 0 aliphatic rings. The number of guanidine groups is 1. The fourth-order valence-corrected chi connectivity index (χ4v) is 3.97. The Balaban J connectivity index is 0.00000261. The molecule has 0 saturated heterocycles. The number of para-hydroxylation sites is 2. The normalized spacial score (nSPS) is 12.6. The zero-order valence-corrected chi connectivity index (χ0v) is 19.3. The van der Waals surface area contributed by atoms with Crippen molar-refractivity contribution >= 4 is 52.3 Å². The average molecular weight is 497 g/mol. The summed E-state index contributed by atoms with van der Waals surface area (Å²) < 4.78 is 2.25. The van der Waals surface area contributed by atoms with E-state index < -0.39 is 0 Å². The van der Waals surface area contributed by atoms with Gasteiger partial charge in [-0.1, -0.05) is 25.1 Å². The number of fused-ring (bicyclic) bond motifs is 1. The summed E-state index contributed by atoms with van der Waals surface area (Å²) in [6, 6.07) is 12.6. The summed E-state index contributed by atoms with van der Waals surface area (Å²) in [5.41, 5.74) is 2.23. The summed E-state index contributed by atoms with van der Waals surface area (Å²) in [4.78, 5) is 10.4. The third-order valence-electron chi connectivity index (χ3n) is 4.44. The smallest absolute Gasteiger partial charge is 0.191 e. The lowest BCUT2D eigenvalue weighted by Gasteiger charge is -2.16. The number of nitrogens with zero attached hydrogens (tertiary/aromatic N) is 3. The summed E-state index contributed by atoms with van der Waals surface area (Å²) in [6.07, 6.45) is 1.10. The van der Waals surface area contributed by atoms with Gasteiger partial charge in [-0.3, -0.25) is 4.99 Å². The van der Waals surface area contributed by atoms with Gasteiger partial charge in [0.2, 0.25) is 0 Å². The Labute approximate surface area is 182 Å². The van der Waals surface area contributed by atoms with Gasteiger partial charge in [-0.25, -0.2) is 4.98 Å². The van der Waals surface area contributed by atoms with Gasteiger partial charge >= 0.3 is 0 Å². The van der Waals surface area contributed by atoms with Gasteiger partial charge in [0, 0.05) is 31.6 Å². The second-order valence-electron chi connectivity index (χ2n) is 6.57. The molecule has 7 heteroatoms. The van der Waals surface area contributed by atoms with Crippen LogP contribution < -0.4 is 10.6 Å². The lowest BCUT2D eigenvalue weighted by molar-refractivity contribution is 0.559. The molecule has 5 nitrogen and oxygen atoms in total. The minimum absolute atomic E-state index is 0. The van der Waals surface area contributed by atoms with Crippen LogP contribution in [0.5, 0.6) is 0 Å². The molecule has 0 bridgehead atoms. The Kier molecular flexibility index (Phi) is 8.56. The van der Waals surface area contributed by atoms with Crippen molar-refractivity contribution in [3.63, 3.8) is 0 Å². The molecule has 146 valence electrons. The number of hydrogen-bond acceptors (Lipinski definition) is 3. The number of benzene rings is 1. The Bertz CT molecular complexity index is 857. The highest BCUT2D eigenvalue weighted by Crippen LogP contribution is 2.15. The molecule has 0 amide bonds. The standard InChI is InChI=1S/C20H27N5S.HI/c1-15(13-17-7-6-12-26-17)14-23-20(21-3)22-10-11-25-16(2)24-18-8-4-5-9-19(18)25;/h4-9,12,15H,10-11,13-14H2,1-3H3,(H2,21,22,23);1H. The minimum Gasteiger partial charge on any atom is -0.356 e. The molecule has 1 atom stereocenters. The summed E-state index contributed by atoms with van der Waals surface area (Å²) in [6.45, 7) is 6.89. The maximum absolute atomic E-state index is 4.62. The number of aryl methyl sites for hydroxylation is 1. The number of nitrogens with one attached hydrogen (secondary N) is 2. The summed E-state index contributed by atoms with van der Waals surface area (Å²) >= 11 is 1.82. The van der Waals surface area contributed by atoms with E-state index in [1.807, 2.05) is 24.5 Å². The topological polar surface area (TPSA) is 54.2 Å². The number of imidazole rings is 1. The molecule has 0 saturated carbocycles. The first kappa shape index (κ1) is 21.7. The maximum Gasteiger partial charge on any atom is 0.191 e. The van der Waals surface area contributed by atoms with Gasteiger partial charge in [-0.05, 0) is 42.8 Å². The SMILES string of the molecule is CN=C(NCCn1c(C)nc2ccccc21)NCC(C)Cc1cccs1.I. The van der Waals surface area contributed by atoms with E-state index in [1.165, 1.54) is 10.4 Å². The van der Waals surface area contributed by atoms with Crippen LogP contribution in [0.15, 0.2) is 46.8 Å². The lowest BCUT2D eigenvalue weighted by Crippen LogP contribution is -2.41. The van der Waals surface area contributed by atoms with Crippen molar-refractivity contribution in [2.24, 2.45) is 10.9 Å². The van der Waals surface area contributed by atoms with Gasteiger partial charge in [0.1, 0.15) is 5.82 Å². The van der Waals surface area contributed by atoms with E-state index in [0.29, 0.717) is 5.92 Å². The van der Waals surface area contributed by atoms with E-state index in [9.17, 15) is 0 Å². The van der Waals surface area contributed by atoms with Crippen LogP contribution >= 0.6 is 35.3 Å². The van der Waals surface area contributed by atoms with E-state index >= 15 is 0 Å². The number of hydrogen-bond donors (Lipinski definition) is 2. The Morgan fingerprint density at radius 2 is 2.04 bits per heavy atom. The van der Waals surface area contributed by atoms with Gasteiger partial charge < -0.3 is 15.2 Å². The quantitative estimate of drug-likeness (QED) is 0.294. The summed E-state index contributed by atoms with van der Waals surface area (Å²) in [5.74, 6) is 2.46. The van der Waals surface area contributed by atoms with Crippen molar-refractivity contribution in [2.45, 2.75) is 26.8 Å². The van der Waals surface area contributed by atoms with Crippen molar-refractivity contribution in [3.05, 3.63) is 52.5 Å². The second kappa shape index (κ2) is 10.7. The zero-order chi connectivity index (χ0) is 18.4. The Morgan fingerprint density at radius 3 is 2.78 bits per heavy atom. The molecule has 2 heterocycles. The van der Waals surface area contributed by atoms with E-state index in [1.54, 1.807) is 0 Å². The molecule has 3 aromatic rings. The van der Waals surface area contributed by atoms with Crippen molar-refractivity contribution < 1.29 is 0 Å².